The van der Waals surface area contributed by atoms with Gasteiger partial charge in [-0.3, -0.25) is 28.8 Å². The van der Waals surface area contributed by atoms with Crippen molar-refractivity contribution in [3.05, 3.63) is 186 Å². The largest absolute Gasteiger partial charge is 1.00 e. The molecule has 42 heteroatoms. The molecule has 7 aromatic carbocycles. The number of hydrogen-bond acceptors (Lipinski definition) is 33. The quantitative estimate of drug-likeness (QED) is 0.00549. The number of halogens is 3. The Morgan fingerprint density at radius 2 is 0.992 bits per heavy atom. The predicted octanol–water partition coefficient (Wildman–Crippen LogP) is 6.54. The number of nitrogens with two attached hydrogens (primary N) is 3. The van der Waals surface area contributed by atoms with Crippen LogP contribution in [-0.2, 0) is 31.9 Å². The number of aliphatic hydroxyl groups excluding tert-OH is 3. The second-order valence-corrected chi connectivity index (χ2v) is 36.3. The molecule has 36 nitrogen and oxygen atoms in total. The normalized spacial score (nSPS) is 10.3. The predicted molar refractivity (Wildman–Crippen MR) is 471 cm³/mol. The van der Waals surface area contributed by atoms with Gasteiger partial charge < -0.3 is 106 Å². The number of para-hydroxylation sites is 5. The number of nitriles is 1. The van der Waals surface area contributed by atoms with Gasteiger partial charge in [-0.25, -0.2) is 39.8 Å². The molecule has 0 bridgehead atoms. The third kappa shape index (κ3) is 36.0. The number of methoxy groups -OCH3 is 8. The Kier molecular flexibility index (Phi) is 48.5. The molecule has 15 N–H and O–H groups in total. The minimum absolute atomic E-state index is 0. The summed E-state index contributed by atoms with van der Waals surface area (Å²) in [7, 11) is 9.68. The summed E-state index contributed by atoms with van der Waals surface area (Å²) in [5.41, 5.74) is 20.4. The van der Waals surface area contributed by atoms with Crippen molar-refractivity contribution in [1.82, 2.24) is 39.9 Å². The van der Waals surface area contributed by atoms with Crippen molar-refractivity contribution in [2.75, 3.05) is 118 Å². The van der Waals surface area contributed by atoms with Crippen LogP contribution >= 0.6 is 34.8 Å². The third-order valence-electron chi connectivity index (χ3n) is 15.3. The van der Waals surface area contributed by atoms with Gasteiger partial charge in [0, 0.05) is 59.6 Å². The number of H-pyrrole nitrogens is 2. The van der Waals surface area contributed by atoms with Crippen molar-refractivity contribution < 1.29 is 138 Å². The van der Waals surface area contributed by atoms with E-state index in [1.165, 1.54) is 33.0 Å². The molecule has 11 rings (SSSR count). The van der Waals surface area contributed by atoms with Crippen LogP contribution in [0.4, 0.5) is 23.3 Å². The maximum Gasteiger partial charge on any atom is 1.00 e. The molecule has 122 heavy (non-hydrogen) atoms. The molecule has 0 atom stereocenters. The number of anilines is 4. The monoisotopic (exact) mass is 1800 g/mol. The van der Waals surface area contributed by atoms with E-state index >= 15 is 0 Å². The van der Waals surface area contributed by atoms with Crippen molar-refractivity contribution in [3.8, 4) is 52.3 Å². The number of carboxylic acid groups (broad SMARTS) is 1. The second-order valence-electron chi connectivity index (χ2n) is 26.3. The summed E-state index contributed by atoms with van der Waals surface area (Å²) >= 11 is 17.4. The van der Waals surface area contributed by atoms with E-state index in [1.807, 2.05) is 68.4 Å². The molecule has 650 valence electrons. The number of aliphatic hydroxyl groups is 3. The zero-order valence-electron chi connectivity index (χ0n) is 70.5. The molecule has 0 radical (unpaired) electrons. The number of nitrogen functional groups attached to an aromatic ring is 1. The molecule has 0 aliphatic carbocycles. The molecular weight excluding hydrogens is 1710 g/mol. The Hall–Kier alpha value is -10.9. The fraction of sp³-hybridized carbons (Fsp3) is 0.300. The van der Waals surface area contributed by atoms with Gasteiger partial charge in [0.1, 0.15) is 99.2 Å². The fourth-order valence-electron chi connectivity index (χ4n) is 10.0. The number of hydrogen-bond donors (Lipinski definition) is 12. The average Bonchev–Trinajstić information content (AvgIpc) is 0.807. The molecule has 0 fully saturated rings. The van der Waals surface area contributed by atoms with Crippen molar-refractivity contribution >= 4 is 147 Å². The Bertz CT molecular complexity index is 5450. The number of aromatic amines is 2. The average molecular weight is 1810 g/mol. The van der Waals surface area contributed by atoms with Crippen LogP contribution in [0.3, 0.4) is 0 Å². The molecule has 0 spiro atoms. The van der Waals surface area contributed by atoms with E-state index in [0.717, 1.165) is 28.2 Å². The van der Waals surface area contributed by atoms with Crippen molar-refractivity contribution in [1.29, 1.82) is 5.26 Å². The van der Waals surface area contributed by atoms with Crippen LogP contribution in [0.1, 0.15) is 34.0 Å². The third-order valence-corrected chi connectivity index (χ3v) is 17.8. The second kappa shape index (κ2) is 55.2. The van der Waals surface area contributed by atoms with E-state index in [9.17, 15) is 28.8 Å². The van der Waals surface area contributed by atoms with Crippen LogP contribution in [-0.4, -0.2) is 202 Å². The minimum atomic E-state index is -1.43. The van der Waals surface area contributed by atoms with Crippen LogP contribution in [0.15, 0.2) is 142 Å². The molecule has 11 aromatic rings. The van der Waals surface area contributed by atoms with E-state index in [4.69, 9.17) is 125 Å². The molecule has 0 unspecified atom stereocenters. The number of benzene rings is 7. The molecule has 0 saturated heterocycles. The van der Waals surface area contributed by atoms with Crippen molar-refractivity contribution in [3.63, 3.8) is 0 Å². The number of aryl methyl sites for hydroxylation is 1. The number of aromatic nitrogens is 8. The number of Topliss-reactive ketones (excluding diaryl/α,β-unsaturated/α-hetero) is 3. The Balaban J connectivity index is 0.000000487. The van der Waals surface area contributed by atoms with Gasteiger partial charge in [0.05, 0.1) is 98.7 Å². The fourth-order valence-corrected chi connectivity index (χ4v) is 12.7. The molecule has 0 aliphatic rings. The Labute approximate surface area is 763 Å². The number of carbonyl (C=O) groups excluding carboxylic acids is 3. The first-order chi connectivity index (χ1) is 57.4. The van der Waals surface area contributed by atoms with Gasteiger partial charge in [-0.15, -0.1) is 0 Å². The van der Waals surface area contributed by atoms with Crippen LogP contribution < -0.4 is 139 Å². The number of carboxylic acids is 1. The van der Waals surface area contributed by atoms with Crippen molar-refractivity contribution in [2.24, 2.45) is 16.1 Å². The molecule has 0 aliphatic heterocycles. The number of nitrogens with one attached hydrogen (secondary N) is 5. The number of aromatic carboxylic acids is 1. The van der Waals surface area contributed by atoms with E-state index < -0.39 is 53.6 Å². The first kappa shape index (κ1) is 107. The number of nitrogens with zero attached hydrogens (tertiary/aromatic N) is 8. The summed E-state index contributed by atoms with van der Waals surface area (Å²) in [6.07, 6.45) is 0.500. The van der Waals surface area contributed by atoms with E-state index in [-0.39, 0.29) is 110 Å². The summed E-state index contributed by atoms with van der Waals surface area (Å²) in [4.78, 5) is 95.1. The van der Waals surface area contributed by atoms with Crippen LogP contribution in [0.5, 0.6) is 46.0 Å². The van der Waals surface area contributed by atoms with Gasteiger partial charge in [-0.1, -0.05) is 54.1 Å². The minimum Gasteiger partial charge on any atom is -0.812 e. The maximum atomic E-state index is 11.5. The number of ketones is 3. The summed E-state index contributed by atoms with van der Waals surface area (Å²) < 4.78 is 51.7. The smallest absolute Gasteiger partial charge is 0.812 e. The van der Waals surface area contributed by atoms with Crippen LogP contribution in [0, 0.1) is 18.4 Å². The van der Waals surface area contributed by atoms with Crippen molar-refractivity contribution in [2.45, 2.75) is 66.2 Å². The number of carbonyl (C=O) groups is 4. The van der Waals surface area contributed by atoms with Gasteiger partial charge in [0.2, 0.25) is 24.8 Å². The molecule has 0 saturated carbocycles. The van der Waals surface area contributed by atoms with Gasteiger partial charge in [-0.2, -0.15) is 4.98 Å². The van der Waals surface area contributed by atoms with E-state index in [1.54, 1.807) is 102 Å². The molecule has 0 amide bonds. The van der Waals surface area contributed by atoms with Gasteiger partial charge in [-0.05, 0) is 154 Å². The zero-order chi connectivity index (χ0) is 90.7. The summed E-state index contributed by atoms with van der Waals surface area (Å²) in [5.74, 6) is 4.96. The standard InChI is InChI=1S/C21H24N4O5.C12H12ClN3O3.C9H6Cl2N2O.C9H8N2O3.C9H13NO.C8H9NO3.C8H21NOSi2.C3H7NO2.CHNO.K/c1-28-15-8-7-13(18(9-15)30-3)10-23-21-24-19-16(5-4-6-17(19)29-2)20(25-21)22-11-14(27)12-26;1-19-9-4-2-3-8-10(9)15-12(13)16-11(8)14-5-7(18)6-17;1-14-6-4-2-3-5-7(6)12-9(11)13-8(5)10;1-14-6-4-2-3-5-7(6)10-9(13)11-8(5)12;1-7-3-4-8(6-10)9(5-7)11-2;1-12-6-4-2-3-5(7(6)9)8(10)11;1-8(9-11(2,3)4)10-12(5,6)7;4-1-3(6)2-5;2-1-3;/h4-9,26H,10-12H2,1-3H3,(H2,22,23,24,25);2-4,17H,5-6H2,1H3,(H,14,15,16);2-4H,1H3;2-4H,1H3,(H2,10,11,12,13);3-5H,6,10H2,1-2H3;2-4H,9H2,1H3,(H,10,11);1-7H3;5H,1-2,4H2;3H;/q;;;;;;;;;+1/p-1. The maximum absolute atomic E-state index is 11.5. The first-order valence-electron chi connectivity index (χ1n) is 36.0. The van der Waals surface area contributed by atoms with Crippen LogP contribution in [0.2, 0.25) is 55.0 Å². The number of rotatable bonds is 25. The topological polar surface area (TPSA) is 549 Å². The Morgan fingerprint density at radius 3 is 1.45 bits per heavy atom. The van der Waals surface area contributed by atoms with E-state index in [0.29, 0.717) is 121 Å². The van der Waals surface area contributed by atoms with Crippen LogP contribution in [0.25, 0.3) is 43.6 Å². The SMILES string of the molecule is CC(=N[Si](C)(C)C)O[Si](C)(C)C.COc1cc(C)ccc1CN.COc1ccc(CNc2nc(NCC(=O)CO)c3cccc(OC)c3n2)c(OC)c1.COc1cccc(C(=O)O)c1N.COc1cccc2c(=O)[nH]c(=O)[nH]c12.COc1cccc2c(Cl)nc(Cl)nc12.COc1cccc2c(NCC(=O)CO)nc(Cl)nc12.N#C[O-].NCC(=O)CO.[K+]. The summed E-state index contributed by atoms with van der Waals surface area (Å²) in [6.45, 7) is 16.5. The van der Waals surface area contributed by atoms with Gasteiger partial charge >= 0.3 is 63.0 Å². The van der Waals surface area contributed by atoms with Gasteiger partial charge in [0.15, 0.2) is 31.5 Å². The van der Waals surface area contributed by atoms with Gasteiger partial charge in [0.25, 0.3) is 5.56 Å². The molecular formula is C80H100Cl3KN16O20Si2. The first-order valence-corrected chi connectivity index (χ1v) is 44.0. The molecule has 4 aromatic heterocycles. The summed E-state index contributed by atoms with van der Waals surface area (Å²) in [5, 5.41) is 61.2. The number of ether oxygens (including phenoxy) is 8. The molecule has 4 heterocycles. The zero-order valence-corrected chi connectivity index (χ0v) is 77.9. The Morgan fingerprint density at radius 1 is 0.549 bits per heavy atom. The van der Waals surface area contributed by atoms with E-state index in [2.05, 4.69) is 99.8 Å². The number of fused-ring (bicyclic) bond motifs is 4. The summed E-state index contributed by atoms with van der Waals surface area (Å²) in [6, 6.07) is 37.4.